The molecule has 252 valence electrons. The van der Waals surface area contributed by atoms with E-state index in [4.69, 9.17) is 23.7 Å². The van der Waals surface area contributed by atoms with E-state index in [2.05, 4.69) is 43.8 Å². The number of methoxy groups -OCH3 is 2. The first-order valence-corrected chi connectivity index (χ1v) is 15.4. The van der Waals surface area contributed by atoms with Gasteiger partial charge in [-0.05, 0) is 77.4 Å². The molecule has 0 fully saturated rings. The lowest BCUT2D eigenvalue weighted by Crippen LogP contribution is -2.45. The summed E-state index contributed by atoms with van der Waals surface area (Å²) in [5.74, 6) is 0.253. The number of hydrazone groups is 1. The van der Waals surface area contributed by atoms with Gasteiger partial charge in [0, 0.05) is 17.8 Å². The highest BCUT2D eigenvalue weighted by Crippen LogP contribution is 2.36. The van der Waals surface area contributed by atoms with Crippen LogP contribution in [0.2, 0.25) is 0 Å². The third kappa shape index (κ3) is 8.90. The molecule has 3 amide bonds. The van der Waals surface area contributed by atoms with Gasteiger partial charge in [-0.2, -0.15) is 5.10 Å². The van der Waals surface area contributed by atoms with E-state index in [1.807, 2.05) is 0 Å². The van der Waals surface area contributed by atoms with Gasteiger partial charge in [-0.3, -0.25) is 14.9 Å². The van der Waals surface area contributed by atoms with E-state index >= 15 is 0 Å². The second-order valence-electron chi connectivity index (χ2n) is 10.0. The van der Waals surface area contributed by atoms with Crippen molar-refractivity contribution in [3.05, 3.63) is 96.2 Å². The number of halogens is 1. The summed E-state index contributed by atoms with van der Waals surface area (Å²) in [7, 11) is 2.90. The fourth-order valence-electron chi connectivity index (χ4n) is 4.63. The van der Waals surface area contributed by atoms with Gasteiger partial charge in [0.15, 0.2) is 29.6 Å². The Kier molecular flexibility index (Phi) is 12.1. The number of carbonyl (C=O) groups excluding carboxylic acids is 3. The lowest BCUT2D eigenvalue weighted by molar-refractivity contribution is -0.384. The second-order valence-corrected chi connectivity index (χ2v) is 11.2. The van der Waals surface area contributed by atoms with Crippen LogP contribution in [0.5, 0.6) is 23.0 Å². The zero-order chi connectivity index (χ0) is 34.8. The maximum Gasteiger partial charge on any atom is 0.338 e. The van der Waals surface area contributed by atoms with Crippen molar-refractivity contribution in [2.24, 2.45) is 5.10 Å². The number of nitrogens with one attached hydrogen (secondary N) is 3. The number of rotatable bonds is 14. The Morgan fingerprint density at radius 3 is 2.54 bits per heavy atom. The number of nitro benzene ring substituents is 1. The van der Waals surface area contributed by atoms with Gasteiger partial charge < -0.3 is 34.3 Å². The molecular weight excluding hydrogens is 741 g/mol. The maximum absolute atomic E-state index is 12.6. The van der Waals surface area contributed by atoms with Crippen LogP contribution in [0, 0.1) is 13.7 Å². The monoisotopic (exact) mass is 773 g/mol. The van der Waals surface area contributed by atoms with Crippen LogP contribution in [0.15, 0.2) is 71.0 Å². The molecule has 1 aliphatic heterocycles. The molecule has 3 N–H and O–H groups in total. The Labute approximate surface area is 288 Å². The molecule has 0 aromatic heterocycles. The first kappa shape index (κ1) is 35.5. The van der Waals surface area contributed by atoms with Crippen LogP contribution < -0.4 is 35.0 Å². The molecule has 15 nitrogen and oxygen atoms in total. The van der Waals surface area contributed by atoms with Crippen molar-refractivity contribution in [3.8, 4) is 23.0 Å². The normalized spacial score (nSPS) is 14.1. The molecule has 1 aliphatic rings. The van der Waals surface area contributed by atoms with Gasteiger partial charge in [-0.25, -0.2) is 15.0 Å². The van der Waals surface area contributed by atoms with E-state index in [0.29, 0.717) is 37.5 Å². The minimum atomic E-state index is -0.798. The van der Waals surface area contributed by atoms with Crippen LogP contribution in [-0.2, 0) is 20.9 Å². The number of hydrogen-bond acceptors (Lipinski definition) is 11. The third-order valence-corrected chi connectivity index (χ3v) is 7.60. The zero-order valence-corrected chi connectivity index (χ0v) is 28.5. The van der Waals surface area contributed by atoms with Crippen molar-refractivity contribution in [3.63, 3.8) is 0 Å². The number of urea groups is 1. The summed E-state index contributed by atoms with van der Waals surface area (Å²) in [5, 5.41) is 20.4. The lowest BCUT2D eigenvalue weighted by Gasteiger charge is -2.28. The van der Waals surface area contributed by atoms with Crippen molar-refractivity contribution in [1.29, 1.82) is 0 Å². The Balaban J connectivity index is 1.37. The molecule has 0 bridgehead atoms. The Morgan fingerprint density at radius 2 is 1.83 bits per heavy atom. The minimum absolute atomic E-state index is 0.0311. The Hall–Kier alpha value is -5.39. The molecule has 0 aliphatic carbocycles. The van der Waals surface area contributed by atoms with Gasteiger partial charge >= 0.3 is 12.0 Å². The summed E-state index contributed by atoms with van der Waals surface area (Å²) in [6.45, 7) is 3.16. The number of non-ortho nitro benzene ring substituents is 1. The van der Waals surface area contributed by atoms with Crippen LogP contribution in [0.3, 0.4) is 0 Å². The zero-order valence-electron chi connectivity index (χ0n) is 26.3. The quantitative estimate of drug-likeness (QED) is 0.0691. The number of benzene rings is 3. The number of allylic oxidation sites excluding steroid dienone is 1. The number of nitrogens with zero attached hydrogens (tertiary/aromatic N) is 2. The van der Waals surface area contributed by atoms with Gasteiger partial charge in [0.2, 0.25) is 0 Å². The molecule has 3 aromatic rings. The maximum atomic E-state index is 12.6. The average molecular weight is 774 g/mol. The van der Waals surface area contributed by atoms with Gasteiger partial charge in [-0.15, -0.1) is 0 Å². The summed E-state index contributed by atoms with van der Waals surface area (Å²) in [6.07, 6.45) is 1.42. The smallest absolute Gasteiger partial charge is 0.338 e. The van der Waals surface area contributed by atoms with Crippen LogP contribution in [0.25, 0.3) is 0 Å². The van der Waals surface area contributed by atoms with Crippen molar-refractivity contribution < 1.29 is 43.0 Å². The number of carbonyl (C=O) groups is 3. The van der Waals surface area contributed by atoms with Crippen molar-refractivity contribution in [2.45, 2.75) is 26.5 Å². The second kappa shape index (κ2) is 16.4. The highest BCUT2D eigenvalue weighted by molar-refractivity contribution is 14.1. The number of esters is 1. The van der Waals surface area contributed by atoms with Crippen molar-refractivity contribution >= 4 is 52.4 Å². The van der Waals surface area contributed by atoms with E-state index in [9.17, 15) is 24.5 Å². The van der Waals surface area contributed by atoms with Gasteiger partial charge in [0.05, 0.1) is 47.1 Å². The Bertz CT molecular complexity index is 1780. The van der Waals surface area contributed by atoms with Crippen molar-refractivity contribution in [2.75, 3.05) is 27.4 Å². The summed E-state index contributed by atoms with van der Waals surface area (Å²) in [5.41, 5.74) is 4.75. The van der Waals surface area contributed by atoms with E-state index in [1.54, 1.807) is 56.3 Å². The molecule has 3 aromatic carbocycles. The van der Waals surface area contributed by atoms with Gasteiger partial charge in [-0.1, -0.05) is 18.2 Å². The van der Waals surface area contributed by atoms with Crippen LogP contribution >= 0.6 is 22.6 Å². The summed E-state index contributed by atoms with van der Waals surface area (Å²) < 4.78 is 28.3. The van der Waals surface area contributed by atoms with E-state index in [1.165, 1.54) is 32.6 Å². The number of hydrogen-bond donors (Lipinski definition) is 3. The molecule has 4 rings (SSSR count). The van der Waals surface area contributed by atoms with Crippen LogP contribution in [0.4, 0.5) is 10.5 Å². The van der Waals surface area contributed by atoms with E-state index in [-0.39, 0.29) is 36.0 Å². The molecule has 16 heteroatoms. The SMILES string of the molecule is CCOC(=O)C1=C(C)NC(=O)N[C@@H]1c1ccc(OCC(=O)N/N=C\c2cc(I)c(OCc3cccc([N+](=O)[O-])c3)c(OC)c2)c(OC)c1. The molecule has 1 heterocycles. The fraction of sp³-hybridized carbons (Fsp3) is 0.250. The molecule has 0 radical (unpaired) electrons. The average Bonchev–Trinajstić information content (AvgIpc) is 3.06. The lowest BCUT2D eigenvalue weighted by atomic mass is 9.95. The molecular formula is C32H32IN5O10. The largest absolute Gasteiger partial charge is 0.493 e. The highest BCUT2D eigenvalue weighted by atomic mass is 127. The number of amides is 3. The van der Waals surface area contributed by atoms with E-state index in [0.717, 1.165) is 0 Å². The summed E-state index contributed by atoms with van der Waals surface area (Å²) in [4.78, 5) is 47.9. The molecule has 0 spiro atoms. The van der Waals surface area contributed by atoms with E-state index < -0.39 is 35.5 Å². The van der Waals surface area contributed by atoms with Gasteiger partial charge in [0.25, 0.3) is 11.6 Å². The van der Waals surface area contributed by atoms with Crippen molar-refractivity contribution in [1.82, 2.24) is 16.1 Å². The number of nitro groups is 1. The fourth-order valence-corrected chi connectivity index (χ4v) is 5.41. The predicted octanol–water partition coefficient (Wildman–Crippen LogP) is 4.52. The summed E-state index contributed by atoms with van der Waals surface area (Å²) >= 11 is 2.07. The first-order valence-electron chi connectivity index (χ1n) is 14.4. The molecule has 1 atom stereocenters. The molecule has 48 heavy (non-hydrogen) atoms. The Morgan fingerprint density at radius 1 is 1.06 bits per heavy atom. The van der Waals surface area contributed by atoms with Gasteiger partial charge in [0.1, 0.15) is 6.61 Å². The molecule has 0 saturated carbocycles. The van der Waals surface area contributed by atoms with Crippen LogP contribution in [0.1, 0.15) is 36.6 Å². The molecule has 0 unspecified atom stereocenters. The van der Waals surface area contributed by atoms with Crippen LogP contribution in [-0.4, -0.2) is 56.5 Å². The molecule has 0 saturated heterocycles. The summed E-state index contributed by atoms with van der Waals surface area (Å²) in [6, 6.07) is 13.1. The standard InChI is InChI=1S/C32H32IN5O10/c1-5-46-31(40)28-18(2)35-32(41)36-29(28)21-9-10-24(25(14-21)44-3)47-17-27(39)37-34-15-20-12-23(33)30(26(13-20)45-4)48-16-19-7-6-8-22(11-19)38(42)43/h6-15,29H,5,16-17H2,1-4H3,(H,37,39)(H2,35,36,41)/b34-15-/t29-/m1/s1. The minimum Gasteiger partial charge on any atom is -0.493 e. The number of ether oxygens (including phenoxy) is 5. The third-order valence-electron chi connectivity index (χ3n) is 6.80. The highest BCUT2D eigenvalue weighted by Gasteiger charge is 2.32. The topological polar surface area (TPSA) is 189 Å². The predicted molar refractivity (Wildman–Crippen MR) is 181 cm³/mol. The first-order chi connectivity index (χ1) is 23.0.